The molecule has 1 N–H and O–H groups in total. The first-order valence-electron chi connectivity index (χ1n) is 3.62. The van der Waals surface area contributed by atoms with Gasteiger partial charge in [0.25, 0.3) is 0 Å². The minimum atomic E-state index is 0.557. The predicted molar refractivity (Wildman–Crippen MR) is 37.3 cm³/mol. The summed E-state index contributed by atoms with van der Waals surface area (Å²) in [7, 11) is 2.04. The van der Waals surface area contributed by atoms with Crippen LogP contribution < -0.4 is 9.88 Å². The maximum Gasteiger partial charge on any atom is 0.244 e. The smallest absolute Gasteiger partial charge is 0.244 e. The molecule has 1 aliphatic heterocycles. The monoisotopic (exact) mass is 138 g/mol. The highest BCUT2D eigenvalue weighted by Crippen LogP contribution is 2.12. The van der Waals surface area contributed by atoms with E-state index in [0.29, 0.717) is 6.17 Å². The second kappa shape index (κ2) is 2.09. The first-order valence-corrected chi connectivity index (χ1v) is 3.62. The molecule has 0 aliphatic carbocycles. The van der Waals surface area contributed by atoms with Crippen LogP contribution >= 0.6 is 0 Å². The average molecular weight is 138 g/mol. The summed E-state index contributed by atoms with van der Waals surface area (Å²) in [4.78, 5) is 0. The Kier molecular flexibility index (Phi) is 1.24. The Morgan fingerprint density at radius 3 is 2.90 bits per heavy atom. The number of nitrogens with one attached hydrogen (secondary N) is 1. The number of hydrogen-bond donors (Lipinski definition) is 1. The van der Waals surface area contributed by atoms with Gasteiger partial charge in [-0.05, 0) is 0 Å². The Hall–Kier alpha value is -0.830. The van der Waals surface area contributed by atoms with E-state index in [0.717, 1.165) is 6.54 Å². The maximum atomic E-state index is 3.32. The van der Waals surface area contributed by atoms with E-state index in [2.05, 4.69) is 33.2 Å². The molecular weight excluding hydrogens is 126 g/mol. The molecule has 3 nitrogen and oxygen atoms in total. The van der Waals surface area contributed by atoms with Crippen molar-refractivity contribution < 1.29 is 4.57 Å². The SMILES string of the molecule is C[n+]1ccn(C2CCN2)c1. The van der Waals surface area contributed by atoms with Gasteiger partial charge >= 0.3 is 0 Å². The van der Waals surface area contributed by atoms with Crippen LogP contribution in [0.1, 0.15) is 12.6 Å². The third-order valence-corrected chi connectivity index (χ3v) is 1.95. The summed E-state index contributed by atoms with van der Waals surface area (Å²) in [6, 6.07) is 0. The van der Waals surface area contributed by atoms with Crippen molar-refractivity contribution in [3.8, 4) is 0 Å². The predicted octanol–water partition coefficient (Wildman–Crippen LogP) is -0.196. The number of aromatic nitrogens is 2. The second-order valence-corrected chi connectivity index (χ2v) is 2.78. The molecule has 1 unspecified atom stereocenters. The molecule has 0 bridgehead atoms. The zero-order chi connectivity index (χ0) is 6.97. The van der Waals surface area contributed by atoms with Gasteiger partial charge in [0.05, 0.1) is 7.05 Å². The van der Waals surface area contributed by atoms with Crippen LogP contribution in [-0.2, 0) is 7.05 Å². The fraction of sp³-hybridized carbons (Fsp3) is 0.571. The molecule has 0 radical (unpaired) electrons. The van der Waals surface area contributed by atoms with E-state index in [1.54, 1.807) is 0 Å². The van der Waals surface area contributed by atoms with Crippen molar-refractivity contribution in [2.75, 3.05) is 6.54 Å². The Morgan fingerprint density at radius 2 is 2.50 bits per heavy atom. The van der Waals surface area contributed by atoms with Crippen LogP contribution in [0.25, 0.3) is 0 Å². The molecule has 10 heavy (non-hydrogen) atoms. The van der Waals surface area contributed by atoms with E-state index >= 15 is 0 Å². The third-order valence-electron chi connectivity index (χ3n) is 1.95. The lowest BCUT2D eigenvalue weighted by atomic mass is 10.2. The largest absolute Gasteiger partial charge is 0.278 e. The van der Waals surface area contributed by atoms with Gasteiger partial charge in [0.1, 0.15) is 12.4 Å². The van der Waals surface area contributed by atoms with Gasteiger partial charge in [0.2, 0.25) is 6.33 Å². The van der Waals surface area contributed by atoms with Crippen LogP contribution in [0.2, 0.25) is 0 Å². The molecule has 1 atom stereocenters. The molecular formula is C7H12N3+. The average Bonchev–Trinajstić information content (AvgIpc) is 2.10. The van der Waals surface area contributed by atoms with Crippen molar-refractivity contribution in [2.24, 2.45) is 7.05 Å². The topological polar surface area (TPSA) is 20.8 Å². The molecule has 1 aliphatic rings. The number of nitrogens with zero attached hydrogens (tertiary/aromatic N) is 2. The Balaban J connectivity index is 2.17. The molecule has 2 rings (SSSR count). The quantitative estimate of drug-likeness (QED) is 0.533. The number of rotatable bonds is 1. The van der Waals surface area contributed by atoms with Gasteiger partial charge in [-0.15, -0.1) is 0 Å². The zero-order valence-electron chi connectivity index (χ0n) is 6.12. The van der Waals surface area contributed by atoms with Crippen molar-refractivity contribution in [3.05, 3.63) is 18.7 Å². The molecule has 1 aromatic heterocycles. The zero-order valence-corrected chi connectivity index (χ0v) is 6.12. The lowest BCUT2D eigenvalue weighted by Crippen LogP contribution is -2.39. The number of hydrogen-bond acceptors (Lipinski definition) is 1. The lowest BCUT2D eigenvalue weighted by Gasteiger charge is -2.23. The first kappa shape index (κ1) is 5.92. The van der Waals surface area contributed by atoms with Gasteiger partial charge in [-0.2, -0.15) is 0 Å². The van der Waals surface area contributed by atoms with Gasteiger partial charge < -0.3 is 0 Å². The fourth-order valence-electron chi connectivity index (χ4n) is 1.18. The van der Waals surface area contributed by atoms with Crippen molar-refractivity contribution in [1.82, 2.24) is 9.88 Å². The summed E-state index contributed by atoms with van der Waals surface area (Å²) in [5, 5.41) is 3.32. The summed E-state index contributed by atoms with van der Waals surface area (Å²) in [5.41, 5.74) is 0. The van der Waals surface area contributed by atoms with Gasteiger partial charge in [-0.1, -0.05) is 0 Å². The number of imidazole rings is 1. The standard InChI is InChI=1S/C7H12N3/c1-9-4-5-10(6-9)7-2-3-8-7/h4-8H,2-3H2,1H3/q+1. The Morgan fingerprint density at radius 1 is 1.70 bits per heavy atom. The molecule has 0 amide bonds. The molecule has 0 saturated carbocycles. The highest BCUT2D eigenvalue weighted by molar-refractivity contribution is 4.79. The van der Waals surface area contributed by atoms with Crippen LogP contribution in [0, 0.1) is 0 Å². The van der Waals surface area contributed by atoms with Crippen molar-refractivity contribution >= 4 is 0 Å². The summed E-state index contributed by atoms with van der Waals surface area (Å²) in [6.45, 7) is 1.16. The summed E-state index contributed by atoms with van der Waals surface area (Å²) in [5.74, 6) is 0. The van der Waals surface area contributed by atoms with Crippen molar-refractivity contribution in [2.45, 2.75) is 12.6 Å². The van der Waals surface area contributed by atoms with Gasteiger partial charge in [0.15, 0.2) is 6.17 Å². The van der Waals surface area contributed by atoms with Crippen LogP contribution in [0.3, 0.4) is 0 Å². The summed E-state index contributed by atoms with van der Waals surface area (Å²) < 4.78 is 4.25. The molecule has 3 heteroatoms. The molecule has 1 fully saturated rings. The normalized spacial score (nSPS) is 24.3. The minimum absolute atomic E-state index is 0.557. The molecule has 0 spiro atoms. The van der Waals surface area contributed by atoms with Crippen LogP contribution in [0.4, 0.5) is 0 Å². The van der Waals surface area contributed by atoms with E-state index < -0.39 is 0 Å². The van der Waals surface area contributed by atoms with Crippen molar-refractivity contribution in [1.29, 1.82) is 0 Å². The van der Waals surface area contributed by atoms with E-state index in [-0.39, 0.29) is 0 Å². The highest BCUT2D eigenvalue weighted by atomic mass is 15.2. The van der Waals surface area contributed by atoms with Crippen LogP contribution in [-0.4, -0.2) is 11.1 Å². The fourth-order valence-corrected chi connectivity index (χ4v) is 1.18. The second-order valence-electron chi connectivity index (χ2n) is 2.78. The van der Waals surface area contributed by atoms with E-state index in [4.69, 9.17) is 0 Å². The maximum absolute atomic E-state index is 3.32. The molecule has 54 valence electrons. The van der Waals surface area contributed by atoms with E-state index in [9.17, 15) is 0 Å². The highest BCUT2D eigenvalue weighted by Gasteiger charge is 2.22. The van der Waals surface area contributed by atoms with Crippen LogP contribution in [0.5, 0.6) is 0 Å². The van der Waals surface area contributed by atoms with E-state index in [1.807, 2.05) is 7.05 Å². The van der Waals surface area contributed by atoms with Gasteiger partial charge in [0, 0.05) is 13.0 Å². The Bertz CT molecular complexity index is 225. The van der Waals surface area contributed by atoms with E-state index in [1.165, 1.54) is 6.42 Å². The Labute approximate surface area is 60.3 Å². The third kappa shape index (κ3) is 0.827. The summed E-state index contributed by atoms with van der Waals surface area (Å²) in [6.07, 6.45) is 8.06. The molecule has 2 heterocycles. The molecule has 1 saturated heterocycles. The van der Waals surface area contributed by atoms with Gasteiger partial charge in [-0.25, -0.2) is 9.13 Å². The lowest BCUT2D eigenvalue weighted by molar-refractivity contribution is -0.671. The molecule has 1 aromatic rings. The summed E-state index contributed by atoms with van der Waals surface area (Å²) >= 11 is 0. The van der Waals surface area contributed by atoms with Crippen LogP contribution in [0.15, 0.2) is 18.7 Å². The minimum Gasteiger partial charge on any atom is -0.278 e. The number of aryl methyl sites for hydroxylation is 1. The van der Waals surface area contributed by atoms with Crippen molar-refractivity contribution in [3.63, 3.8) is 0 Å². The first-order chi connectivity index (χ1) is 4.86. The molecule has 0 aromatic carbocycles. The van der Waals surface area contributed by atoms with Gasteiger partial charge in [-0.3, -0.25) is 5.32 Å².